The third-order valence-electron chi connectivity index (χ3n) is 8.48. The van der Waals surface area contributed by atoms with Gasteiger partial charge in [-0.1, -0.05) is 49.0 Å². The van der Waals surface area contributed by atoms with Crippen molar-refractivity contribution in [3.8, 4) is 11.5 Å². The molecule has 0 saturated carbocycles. The number of amides is 3. The molecule has 236 valence electrons. The summed E-state index contributed by atoms with van der Waals surface area (Å²) in [5.74, 6) is 1.31. The largest absolute Gasteiger partial charge is 0.454 e. The number of amidine groups is 2. The number of benzene rings is 3. The molecule has 3 aromatic carbocycles. The van der Waals surface area contributed by atoms with Gasteiger partial charge in [-0.2, -0.15) is 0 Å². The van der Waals surface area contributed by atoms with Crippen LogP contribution < -0.4 is 19.7 Å². The van der Waals surface area contributed by atoms with Gasteiger partial charge in [0.05, 0.1) is 10.9 Å². The third-order valence-corrected chi connectivity index (χ3v) is 9.80. The smallest absolute Gasteiger partial charge is 0.259 e. The molecular formula is C34H34N6O5S. The van der Waals surface area contributed by atoms with Crippen LogP contribution >= 0.6 is 11.8 Å². The Morgan fingerprint density at radius 2 is 1.74 bits per heavy atom. The van der Waals surface area contributed by atoms with Gasteiger partial charge in [0.15, 0.2) is 16.7 Å². The summed E-state index contributed by atoms with van der Waals surface area (Å²) >= 11 is 1.24. The van der Waals surface area contributed by atoms with Crippen LogP contribution in [0.1, 0.15) is 31.7 Å². The molecule has 3 aromatic rings. The van der Waals surface area contributed by atoms with Crippen LogP contribution in [0.25, 0.3) is 0 Å². The van der Waals surface area contributed by atoms with Crippen molar-refractivity contribution in [2.75, 3.05) is 43.2 Å². The lowest BCUT2D eigenvalue weighted by Gasteiger charge is -2.36. The van der Waals surface area contributed by atoms with Crippen LogP contribution in [0.15, 0.2) is 82.8 Å². The van der Waals surface area contributed by atoms with Gasteiger partial charge in [0.2, 0.25) is 18.6 Å². The van der Waals surface area contributed by atoms with Gasteiger partial charge >= 0.3 is 0 Å². The van der Waals surface area contributed by atoms with Crippen LogP contribution in [0, 0.1) is 0 Å². The number of aliphatic imine (C=N–C) groups is 2. The molecule has 4 aliphatic heterocycles. The lowest BCUT2D eigenvalue weighted by Crippen LogP contribution is -2.49. The summed E-state index contributed by atoms with van der Waals surface area (Å²) in [5, 5.41) is 2.83. The first kappa shape index (κ1) is 29.8. The number of para-hydroxylation sites is 2. The maximum absolute atomic E-state index is 13.8. The molecule has 0 aliphatic carbocycles. The predicted molar refractivity (Wildman–Crippen MR) is 178 cm³/mol. The number of carbonyl (C=O) groups excluding carboxylic acids is 3. The second-order valence-corrected chi connectivity index (χ2v) is 12.5. The Morgan fingerprint density at radius 3 is 2.54 bits per heavy atom. The summed E-state index contributed by atoms with van der Waals surface area (Å²) in [5.41, 5.74) is 3.19. The molecule has 2 atom stereocenters. The minimum absolute atomic E-state index is 0.0282. The summed E-state index contributed by atoms with van der Waals surface area (Å²) in [7, 11) is 0. The van der Waals surface area contributed by atoms with E-state index in [1.165, 1.54) is 16.7 Å². The number of fused-ring (bicyclic) bond motifs is 4. The Hall–Kier alpha value is -4.84. The van der Waals surface area contributed by atoms with Gasteiger partial charge < -0.3 is 24.6 Å². The first-order chi connectivity index (χ1) is 22.5. The van der Waals surface area contributed by atoms with Gasteiger partial charge in [-0.3, -0.25) is 19.4 Å². The van der Waals surface area contributed by atoms with E-state index in [4.69, 9.17) is 19.5 Å². The zero-order chi connectivity index (χ0) is 31.6. The quantitative estimate of drug-likeness (QED) is 0.382. The van der Waals surface area contributed by atoms with Crippen LogP contribution in [0.5, 0.6) is 11.5 Å². The summed E-state index contributed by atoms with van der Waals surface area (Å²) in [4.78, 5) is 55.8. The van der Waals surface area contributed by atoms with Gasteiger partial charge in [-0.05, 0) is 49.2 Å². The Morgan fingerprint density at radius 1 is 0.978 bits per heavy atom. The topological polar surface area (TPSA) is 116 Å². The van der Waals surface area contributed by atoms with E-state index in [0.29, 0.717) is 59.8 Å². The molecule has 0 unspecified atom stereocenters. The molecule has 4 heterocycles. The van der Waals surface area contributed by atoms with Gasteiger partial charge in [-0.15, -0.1) is 0 Å². The van der Waals surface area contributed by atoms with E-state index in [1.807, 2.05) is 54.3 Å². The second kappa shape index (κ2) is 12.9. The molecule has 46 heavy (non-hydrogen) atoms. The van der Waals surface area contributed by atoms with Crippen molar-refractivity contribution in [1.82, 2.24) is 9.80 Å². The SMILES string of the molecule is CC[C@@H](SC1=Nc2ccccc2C2=N[C@H](CCC(=O)N3CCN(c4ccccc4)CC3)C(=O)N12)C(=O)Nc1ccc2c(c1)OCO2. The molecule has 1 N–H and O–H groups in total. The number of hydrogen-bond acceptors (Lipinski definition) is 9. The van der Waals surface area contributed by atoms with E-state index in [0.717, 1.165) is 24.3 Å². The number of thioether (sulfide) groups is 1. The summed E-state index contributed by atoms with van der Waals surface area (Å²) in [6, 6.07) is 22.3. The summed E-state index contributed by atoms with van der Waals surface area (Å²) in [6.45, 7) is 4.88. The zero-order valence-electron chi connectivity index (χ0n) is 25.4. The third kappa shape index (κ3) is 5.92. The zero-order valence-corrected chi connectivity index (χ0v) is 26.2. The molecule has 0 aromatic heterocycles. The van der Waals surface area contributed by atoms with Gasteiger partial charge in [-0.25, -0.2) is 9.89 Å². The molecule has 1 saturated heterocycles. The van der Waals surface area contributed by atoms with Gasteiger partial charge in [0.25, 0.3) is 5.91 Å². The van der Waals surface area contributed by atoms with Crippen molar-refractivity contribution in [2.45, 2.75) is 37.5 Å². The maximum atomic E-state index is 13.8. The van der Waals surface area contributed by atoms with Crippen molar-refractivity contribution < 1.29 is 23.9 Å². The molecule has 0 spiro atoms. The van der Waals surface area contributed by atoms with E-state index >= 15 is 0 Å². The fourth-order valence-electron chi connectivity index (χ4n) is 5.99. The lowest BCUT2D eigenvalue weighted by atomic mass is 10.1. The van der Waals surface area contributed by atoms with Crippen molar-refractivity contribution >= 4 is 57.5 Å². The normalized spacial score (nSPS) is 18.8. The van der Waals surface area contributed by atoms with Crippen LogP contribution in [0.4, 0.5) is 17.1 Å². The predicted octanol–water partition coefficient (Wildman–Crippen LogP) is 4.65. The molecular weight excluding hydrogens is 604 g/mol. The Bertz CT molecular complexity index is 1720. The number of carbonyl (C=O) groups is 3. The van der Waals surface area contributed by atoms with Crippen LogP contribution in [-0.4, -0.2) is 82.8 Å². The maximum Gasteiger partial charge on any atom is 0.259 e. The summed E-state index contributed by atoms with van der Waals surface area (Å²) in [6.07, 6.45) is 1.04. The van der Waals surface area contributed by atoms with Crippen molar-refractivity contribution in [3.63, 3.8) is 0 Å². The highest BCUT2D eigenvalue weighted by atomic mass is 32.2. The number of anilines is 2. The van der Waals surface area contributed by atoms with Crippen molar-refractivity contribution in [3.05, 3.63) is 78.4 Å². The molecule has 4 aliphatic rings. The molecule has 3 amide bonds. The number of hydrogen-bond donors (Lipinski definition) is 1. The fourth-order valence-corrected chi connectivity index (χ4v) is 7.01. The highest BCUT2D eigenvalue weighted by Crippen LogP contribution is 2.37. The monoisotopic (exact) mass is 638 g/mol. The molecule has 0 radical (unpaired) electrons. The minimum atomic E-state index is -0.705. The van der Waals surface area contributed by atoms with Crippen molar-refractivity contribution in [1.29, 1.82) is 0 Å². The number of piperazine rings is 1. The van der Waals surface area contributed by atoms with E-state index in [1.54, 1.807) is 18.2 Å². The molecule has 1 fully saturated rings. The van der Waals surface area contributed by atoms with Crippen LogP contribution in [-0.2, 0) is 14.4 Å². The molecule has 11 nitrogen and oxygen atoms in total. The van der Waals surface area contributed by atoms with E-state index < -0.39 is 11.3 Å². The highest BCUT2D eigenvalue weighted by Gasteiger charge is 2.42. The van der Waals surface area contributed by atoms with E-state index in [-0.39, 0.29) is 30.9 Å². The Labute approximate surface area is 271 Å². The second-order valence-electron chi connectivity index (χ2n) is 11.4. The number of ether oxygens (including phenoxy) is 2. The van der Waals surface area contributed by atoms with Crippen molar-refractivity contribution in [2.24, 2.45) is 9.98 Å². The highest BCUT2D eigenvalue weighted by molar-refractivity contribution is 8.15. The standard InChI is InChI=1S/C34H34N6O5S/c1-2-29(32(42)35-22-12-14-27-28(20-22)45-21-44-27)46-34-37-25-11-7-6-10-24(25)31-36-26(33(43)40(31)34)13-15-30(41)39-18-16-38(17-19-39)23-8-4-3-5-9-23/h3-12,14,20,26,29H,2,13,15-19,21H2,1H3,(H,35,42)/t26-,29-/m1/s1. The molecule has 12 heteroatoms. The average Bonchev–Trinajstić information content (AvgIpc) is 3.70. The van der Waals surface area contributed by atoms with Crippen LogP contribution in [0.3, 0.4) is 0 Å². The average molecular weight is 639 g/mol. The Balaban J connectivity index is 1.02. The van der Waals surface area contributed by atoms with Gasteiger partial charge in [0.1, 0.15) is 11.9 Å². The van der Waals surface area contributed by atoms with Gasteiger partial charge in [0, 0.05) is 55.6 Å². The Kier molecular flexibility index (Phi) is 8.35. The van der Waals surface area contributed by atoms with E-state index in [9.17, 15) is 14.4 Å². The number of nitrogens with one attached hydrogen (secondary N) is 1. The minimum Gasteiger partial charge on any atom is -0.454 e. The molecule has 7 rings (SSSR count). The number of nitrogens with zero attached hydrogens (tertiary/aromatic N) is 5. The first-order valence-corrected chi connectivity index (χ1v) is 16.4. The summed E-state index contributed by atoms with van der Waals surface area (Å²) < 4.78 is 10.8. The fraction of sp³-hybridized carbons (Fsp3) is 0.324. The van der Waals surface area contributed by atoms with Crippen LogP contribution in [0.2, 0.25) is 0 Å². The molecule has 0 bridgehead atoms. The number of rotatable bonds is 8. The first-order valence-electron chi connectivity index (χ1n) is 15.5. The lowest BCUT2D eigenvalue weighted by molar-refractivity contribution is -0.132. The van der Waals surface area contributed by atoms with E-state index in [2.05, 4.69) is 22.3 Å².